The first-order valence-electron chi connectivity index (χ1n) is 12.2. The summed E-state index contributed by atoms with van der Waals surface area (Å²) in [4.78, 5) is 14.5. The normalized spacial score (nSPS) is 13.4. The molecule has 0 spiro atoms. The zero-order chi connectivity index (χ0) is 20.9. The molecule has 0 fully saturated rings. The van der Waals surface area contributed by atoms with Crippen LogP contribution in [0.2, 0.25) is 0 Å². The number of nitrogens with zero attached hydrogens (tertiary/aromatic N) is 1. The number of hydrogen-bond acceptors (Lipinski definition) is 4. The largest absolute Gasteiger partial charge is 1.00 e. The fourth-order valence-electron chi connectivity index (χ4n) is 3.50. The molecule has 0 radical (unpaired) electrons. The van der Waals surface area contributed by atoms with Crippen molar-refractivity contribution in [3.05, 3.63) is 0 Å². The monoisotopic (exact) mass is 457 g/mol. The zero-order valence-electron chi connectivity index (χ0n) is 20.3. The Kier molecular flexibility index (Phi) is 27.7. The standard InChI is InChI=1S/C23H50NO3P.K/c1-4-7-10-13-15-17-20-24(21-18-16-14-11-8-5-2)23-28(25,26)27-22-19-12-9-6-3;/h4-23H2,1-3H3,(H,25,26);/q;+1/p-1. The van der Waals surface area contributed by atoms with Crippen LogP contribution in [0.15, 0.2) is 0 Å². The molecule has 29 heavy (non-hydrogen) atoms. The molecular weight excluding hydrogens is 408 g/mol. The maximum atomic E-state index is 12.4. The summed E-state index contributed by atoms with van der Waals surface area (Å²) in [5.74, 6) is 0. The molecule has 0 saturated heterocycles. The molecule has 6 heteroatoms. The number of rotatable bonds is 22. The van der Waals surface area contributed by atoms with E-state index in [2.05, 4.69) is 25.7 Å². The van der Waals surface area contributed by atoms with Crippen molar-refractivity contribution in [3.8, 4) is 0 Å². The van der Waals surface area contributed by atoms with E-state index in [-0.39, 0.29) is 57.7 Å². The van der Waals surface area contributed by atoms with Crippen molar-refractivity contribution in [1.82, 2.24) is 4.90 Å². The predicted octanol–water partition coefficient (Wildman–Crippen LogP) is 4.12. The Morgan fingerprint density at radius 2 is 1.03 bits per heavy atom. The van der Waals surface area contributed by atoms with E-state index < -0.39 is 7.60 Å². The van der Waals surface area contributed by atoms with E-state index in [0.29, 0.717) is 6.61 Å². The third kappa shape index (κ3) is 24.2. The maximum absolute atomic E-state index is 12.4. The van der Waals surface area contributed by atoms with Gasteiger partial charge in [0.2, 0.25) is 0 Å². The van der Waals surface area contributed by atoms with Crippen LogP contribution in [0, 0.1) is 0 Å². The third-order valence-electron chi connectivity index (χ3n) is 5.31. The molecule has 0 bridgehead atoms. The molecule has 0 rings (SSSR count). The minimum absolute atomic E-state index is 0. The van der Waals surface area contributed by atoms with Crippen LogP contribution in [0.1, 0.15) is 124 Å². The molecule has 0 aromatic rings. The second-order valence-corrected chi connectivity index (χ2v) is 10.1. The first-order chi connectivity index (χ1) is 13.6. The van der Waals surface area contributed by atoms with Gasteiger partial charge in [0.05, 0.1) is 12.9 Å². The molecule has 1 unspecified atom stereocenters. The SMILES string of the molecule is CCCCCCCCN(CCCCCCCC)CP(=O)([O-])OCCCCCC.[K+]. The van der Waals surface area contributed by atoms with Crippen molar-refractivity contribution < 1.29 is 65.4 Å². The Morgan fingerprint density at radius 3 is 1.48 bits per heavy atom. The molecule has 0 aliphatic heterocycles. The second-order valence-electron chi connectivity index (χ2n) is 8.30. The Morgan fingerprint density at radius 1 is 0.655 bits per heavy atom. The van der Waals surface area contributed by atoms with Gasteiger partial charge in [0.1, 0.15) is 7.60 Å². The van der Waals surface area contributed by atoms with E-state index in [1.54, 1.807) is 0 Å². The first-order valence-corrected chi connectivity index (χ1v) is 14.0. The molecular formula is C23H49KNO3P. The summed E-state index contributed by atoms with van der Waals surface area (Å²) in [6.07, 6.45) is 19.1. The smallest absolute Gasteiger partial charge is 0.778 e. The van der Waals surface area contributed by atoms with Gasteiger partial charge in [0.25, 0.3) is 0 Å². The van der Waals surface area contributed by atoms with Gasteiger partial charge in [0.15, 0.2) is 0 Å². The summed E-state index contributed by atoms with van der Waals surface area (Å²) in [6.45, 7) is 8.73. The van der Waals surface area contributed by atoms with Crippen LogP contribution in [0.4, 0.5) is 0 Å². The summed E-state index contributed by atoms with van der Waals surface area (Å²) in [5.41, 5.74) is 0. The zero-order valence-corrected chi connectivity index (χ0v) is 24.3. The predicted molar refractivity (Wildman–Crippen MR) is 121 cm³/mol. The van der Waals surface area contributed by atoms with Gasteiger partial charge in [-0.05, 0) is 32.4 Å². The summed E-state index contributed by atoms with van der Waals surface area (Å²) >= 11 is 0. The number of hydrogen-bond donors (Lipinski definition) is 0. The first kappa shape index (κ1) is 32.9. The van der Waals surface area contributed by atoms with E-state index in [0.717, 1.165) is 51.6 Å². The van der Waals surface area contributed by atoms with Gasteiger partial charge in [0, 0.05) is 0 Å². The summed E-state index contributed by atoms with van der Waals surface area (Å²) < 4.78 is 17.7. The molecule has 0 heterocycles. The fraction of sp³-hybridized carbons (Fsp3) is 1.00. The molecule has 0 aliphatic rings. The molecule has 0 saturated carbocycles. The quantitative estimate of drug-likeness (QED) is 0.139. The van der Waals surface area contributed by atoms with Crippen molar-refractivity contribution in [2.24, 2.45) is 0 Å². The van der Waals surface area contributed by atoms with Crippen molar-refractivity contribution in [3.63, 3.8) is 0 Å². The average Bonchev–Trinajstić information content (AvgIpc) is 2.66. The molecule has 0 aromatic carbocycles. The number of unbranched alkanes of at least 4 members (excludes halogenated alkanes) is 13. The molecule has 0 N–H and O–H groups in total. The van der Waals surface area contributed by atoms with Crippen LogP contribution in [0.5, 0.6) is 0 Å². The molecule has 170 valence electrons. The van der Waals surface area contributed by atoms with Gasteiger partial charge >= 0.3 is 51.4 Å². The van der Waals surface area contributed by atoms with Crippen LogP contribution in [0.25, 0.3) is 0 Å². The van der Waals surface area contributed by atoms with Crippen molar-refractivity contribution in [1.29, 1.82) is 0 Å². The molecule has 1 atom stereocenters. The second kappa shape index (κ2) is 24.4. The van der Waals surface area contributed by atoms with Crippen LogP contribution in [0.3, 0.4) is 0 Å². The summed E-state index contributed by atoms with van der Waals surface area (Å²) in [5, 5.41) is 0. The van der Waals surface area contributed by atoms with E-state index >= 15 is 0 Å². The van der Waals surface area contributed by atoms with Gasteiger partial charge < -0.3 is 14.0 Å². The van der Waals surface area contributed by atoms with Gasteiger partial charge in [-0.15, -0.1) is 0 Å². The van der Waals surface area contributed by atoms with E-state index in [1.807, 2.05) is 0 Å². The Labute approximate surface area is 225 Å². The molecule has 0 amide bonds. The Bertz CT molecular complexity index is 356. The fourth-order valence-corrected chi connectivity index (χ4v) is 4.76. The van der Waals surface area contributed by atoms with E-state index in [1.165, 1.54) is 64.2 Å². The van der Waals surface area contributed by atoms with Crippen molar-refractivity contribution >= 4 is 7.60 Å². The van der Waals surface area contributed by atoms with Crippen LogP contribution in [-0.4, -0.2) is 30.9 Å². The third-order valence-corrected chi connectivity index (χ3v) is 6.64. The molecule has 4 nitrogen and oxygen atoms in total. The Hall–Kier alpha value is 1.75. The molecule has 0 aliphatic carbocycles. The topological polar surface area (TPSA) is 52.6 Å². The summed E-state index contributed by atoms with van der Waals surface area (Å²) in [6, 6.07) is 0. The molecule has 0 aromatic heterocycles. The minimum atomic E-state index is -3.75. The summed E-state index contributed by atoms with van der Waals surface area (Å²) in [7, 11) is -3.75. The van der Waals surface area contributed by atoms with E-state index in [4.69, 9.17) is 4.52 Å². The van der Waals surface area contributed by atoms with E-state index in [9.17, 15) is 9.46 Å². The average molecular weight is 458 g/mol. The van der Waals surface area contributed by atoms with Crippen LogP contribution in [-0.2, 0) is 9.09 Å². The van der Waals surface area contributed by atoms with Crippen molar-refractivity contribution in [2.75, 3.05) is 26.0 Å². The van der Waals surface area contributed by atoms with Gasteiger partial charge in [-0.3, -0.25) is 4.90 Å². The van der Waals surface area contributed by atoms with Gasteiger partial charge in [-0.25, -0.2) is 0 Å². The minimum Gasteiger partial charge on any atom is -0.778 e. The van der Waals surface area contributed by atoms with Gasteiger partial charge in [-0.1, -0.05) is 104 Å². The van der Waals surface area contributed by atoms with Gasteiger partial charge in [-0.2, -0.15) is 0 Å². The van der Waals surface area contributed by atoms with Crippen LogP contribution >= 0.6 is 7.60 Å². The van der Waals surface area contributed by atoms with Crippen LogP contribution < -0.4 is 56.3 Å². The van der Waals surface area contributed by atoms with Crippen molar-refractivity contribution in [2.45, 2.75) is 124 Å². The maximum Gasteiger partial charge on any atom is 1.00 e. The Balaban J connectivity index is 0.